The predicted octanol–water partition coefficient (Wildman–Crippen LogP) is 11.9. The van der Waals surface area contributed by atoms with E-state index in [1.165, 1.54) is 87.6 Å². The van der Waals surface area contributed by atoms with Gasteiger partial charge >= 0.3 is 0 Å². The Balaban J connectivity index is 1.31. The Morgan fingerprint density at radius 1 is 0.349 bits per heavy atom. The number of benzene rings is 8. The highest BCUT2D eigenvalue weighted by molar-refractivity contribution is 6.25. The van der Waals surface area contributed by atoms with Crippen LogP contribution >= 0.6 is 0 Å². The van der Waals surface area contributed by atoms with Gasteiger partial charge in [-0.15, -0.1) is 0 Å². The molecule has 0 aromatic heterocycles. The molecule has 0 bridgehead atoms. The molecule has 0 unspecified atom stereocenters. The lowest BCUT2D eigenvalue weighted by Gasteiger charge is -2.23. The molecule has 0 aliphatic heterocycles. The van der Waals surface area contributed by atoms with Crippen LogP contribution in [0, 0.1) is 0 Å². The molecule has 1 aliphatic carbocycles. The first-order valence-corrected chi connectivity index (χ1v) is 15.2. The second-order valence-electron chi connectivity index (χ2n) is 12.5. The van der Waals surface area contributed by atoms with Crippen LogP contribution in [0.5, 0.6) is 0 Å². The Morgan fingerprint density at radius 3 is 1.65 bits per heavy atom. The largest absolute Gasteiger partial charge is 0.0619 e. The molecule has 202 valence electrons. The van der Waals surface area contributed by atoms with Crippen LogP contribution in [0.2, 0.25) is 0 Å². The van der Waals surface area contributed by atoms with E-state index in [0.717, 1.165) is 0 Å². The standard InChI is InChI=1S/C43H30/c1-43(2)39-21-10-9-20-37(39)42-40(43)26-29-12-3-4-15-31(29)41(42)30-14-11-13-27(24-30)28-22-23-36-34-18-6-5-16-32(34)33-17-7-8-19-35(33)38(36)25-28/h3-26H,1-2H3. The van der Waals surface area contributed by atoms with E-state index in [0.29, 0.717) is 0 Å². The molecule has 0 N–H and O–H groups in total. The Morgan fingerprint density at radius 2 is 0.907 bits per heavy atom. The van der Waals surface area contributed by atoms with E-state index < -0.39 is 0 Å². The molecule has 8 aromatic rings. The van der Waals surface area contributed by atoms with Gasteiger partial charge in [0.25, 0.3) is 0 Å². The molecule has 43 heavy (non-hydrogen) atoms. The fourth-order valence-electron chi connectivity index (χ4n) is 7.75. The molecule has 0 amide bonds. The molecule has 9 rings (SSSR count). The smallest absolute Gasteiger partial charge is 0.0159 e. The van der Waals surface area contributed by atoms with Crippen LogP contribution in [0.25, 0.3) is 76.5 Å². The summed E-state index contributed by atoms with van der Waals surface area (Å²) in [6, 6.07) is 54.1. The lowest BCUT2D eigenvalue weighted by molar-refractivity contribution is 0.661. The third-order valence-electron chi connectivity index (χ3n) is 9.82. The molecular formula is C43H30. The van der Waals surface area contributed by atoms with Crippen molar-refractivity contribution in [2.75, 3.05) is 0 Å². The average Bonchev–Trinajstić information content (AvgIpc) is 3.29. The SMILES string of the molecule is CC1(C)c2ccccc2-c2c1cc1ccccc1c2-c1cccc(-c2ccc3c4ccccc4c4ccccc4c3c2)c1. The van der Waals surface area contributed by atoms with Crippen molar-refractivity contribution in [1.29, 1.82) is 0 Å². The van der Waals surface area contributed by atoms with Gasteiger partial charge in [0.15, 0.2) is 0 Å². The Hall–Kier alpha value is -5.20. The zero-order valence-corrected chi connectivity index (χ0v) is 24.4. The molecule has 0 nitrogen and oxygen atoms in total. The van der Waals surface area contributed by atoms with Gasteiger partial charge in [-0.05, 0) is 106 Å². The van der Waals surface area contributed by atoms with Crippen molar-refractivity contribution in [3.05, 3.63) is 157 Å². The molecule has 8 aromatic carbocycles. The van der Waals surface area contributed by atoms with Gasteiger partial charge in [0, 0.05) is 5.41 Å². The fourth-order valence-corrected chi connectivity index (χ4v) is 7.75. The minimum Gasteiger partial charge on any atom is -0.0619 e. The second kappa shape index (κ2) is 8.90. The molecule has 0 radical (unpaired) electrons. The molecule has 0 heteroatoms. The molecule has 0 saturated heterocycles. The van der Waals surface area contributed by atoms with Crippen LogP contribution in [-0.4, -0.2) is 0 Å². The Kier molecular flexibility index (Phi) is 5.05. The highest BCUT2D eigenvalue weighted by Gasteiger charge is 2.37. The molecule has 0 fully saturated rings. The van der Waals surface area contributed by atoms with E-state index in [1.54, 1.807) is 0 Å². The molecular weight excluding hydrogens is 516 g/mol. The normalized spacial score (nSPS) is 13.5. The average molecular weight is 547 g/mol. The van der Waals surface area contributed by atoms with E-state index in [4.69, 9.17) is 0 Å². The van der Waals surface area contributed by atoms with Gasteiger partial charge in [-0.1, -0.05) is 141 Å². The third-order valence-corrected chi connectivity index (χ3v) is 9.82. The van der Waals surface area contributed by atoms with Crippen molar-refractivity contribution in [2.45, 2.75) is 19.3 Å². The molecule has 0 saturated carbocycles. The van der Waals surface area contributed by atoms with Gasteiger partial charge in [0.05, 0.1) is 0 Å². The quantitative estimate of drug-likeness (QED) is 0.189. The van der Waals surface area contributed by atoms with Crippen LogP contribution in [-0.2, 0) is 5.41 Å². The van der Waals surface area contributed by atoms with E-state index in [9.17, 15) is 0 Å². The van der Waals surface area contributed by atoms with Gasteiger partial charge in [0.1, 0.15) is 0 Å². The van der Waals surface area contributed by atoms with Gasteiger partial charge < -0.3 is 0 Å². The summed E-state index contributed by atoms with van der Waals surface area (Å²) in [6.45, 7) is 4.74. The van der Waals surface area contributed by atoms with E-state index >= 15 is 0 Å². The van der Waals surface area contributed by atoms with Crippen molar-refractivity contribution in [2.24, 2.45) is 0 Å². The molecule has 0 spiro atoms. The third kappa shape index (κ3) is 3.44. The summed E-state index contributed by atoms with van der Waals surface area (Å²) in [4.78, 5) is 0. The monoisotopic (exact) mass is 546 g/mol. The summed E-state index contributed by atoms with van der Waals surface area (Å²) in [5.74, 6) is 0. The first kappa shape index (κ1) is 24.4. The first-order valence-electron chi connectivity index (χ1n) is 15.2. The Labute approximate surface area is 251 Å². The summed E-state index contributed by atoms with van der Waals surface area (Å²) in [5.41, 5.74) is 10.6. The lowest BCUT2D eigenvalue weighted by Crippen LogP contribution is -2.14. The van der Waals surface area contributed by atoms with Crippen molar-refractivity contribution in [1.82, 2.24) is 0 Å². The first-order chi connectivity index (χ1) is 21.1. The summed E-state index contributed by atoms with van der Waals surface area (Å²) in [6.07, 6.45) is 0. The van der Waals surface area contributed by atoms with Crippen molar-refractivity contribution in [3.63, 3.8) is 0 Å². The number of hydrogen-bond acceptors (Lipinski definition) is 0. The summed E-state index contributed by atoms with van der Waals surface area (Å²) in [7, 11) is 0. The second-order valence-corrected chi connectivity index (χ2v) is 12.5. The molecule has 0 heterocycles. The maximum absolute atomic E-state index is 2.43. The summed E-state index contributed by atoms with van der Waals surface area (Å²) >= 11 is 0. The van der Waals surface area contributed by atoms with Crippen molar-refractivity contribution in [3.8, 4) is 33.4 Å². The van der Waals surface area contributed by atoms with Crippen molar-refractivity contribution >= 4 is 43.1 Å². The number of fused-ring (bicyclic) bond motifs is 10. The van der Waals surface area contributed by atoms with Crippen LogP contribution in [0.15, 0.2) is 146 Å². The minimum absolute atomic E-state index is 0.0511. The highest BCUT2D eigenvalue weighted by atomic mass is 14.4. The highest BCUT2D eigenvalue weighted by Crippen LogP contribution is 2.54. The van der Waals surface area contributed by atoms with E-state index in [1.807, 2.05) is 0 Å². The van der Waals surface area contributed by atoms with Crippen LogP contribution in [0.1, 0.15) is 25.0 Å². The minimum atomic E-state index is -0.0511. The fraction of sp³-hybridized carbons (Fsp3) is 0.0698. The van der Waals surface area contributed by atoms with Gasteiger partial charge in [-0.25, -0.2) is 0 Å². The zero-order chi connectivity index (χ0) is 28.7. The summed E-state index contributed by atoms with van der Waals surface area (Å²) < 4.78 is 0. The predicted molar refractivity (Wildman–Crippen MR) is 185 cm³/mol. The zero-order valence-electron chi connectivity index (χ0n) is 24.4. The maximum atomic E-state index is 2.43. The van der Waals surface area contributed by atoms with Gasteiger partial charge in [-0.2, -0.15) is 0 Å². The maximum Gasteiger partial charge on any atom is 0.0159 e. The topological polar surface area (TPSA) is 0 Å². The molecule has 1 aliphatic rings. The van der Waals surface area contributed by atoms with Crippen LogP contribution in [0.4, 0.5) is 0 Å². The Bertz CT molecular complexity index is 2390. The van der Waals surface area contributed by atoms with E-state index in [2.05, 4.69) is 159 Å². The van der Waals surface area contributed by atoms with Crippen molar-refractivity contribution < 1.29 is 0 Å². The van der Waals surface area contributed by atoms with Crippen LogP contribution < -0.4 is 0 Å². The lowest BCUT2D eigenvalue weighted by atomic mass is 9.80. The molecule has 0 atom stereocenters. The number of rotatable bonds is 2. The van der Waals surface area contributed by atoms with E-state index in [-0.39, 0.29) is 5.41 Å². The van der Waals surface area contributed by atoms with Gasteiger partial charge in [0.2, 0.25) is 0 Å². The van der Waals surface area contributed by atoms with Gasteiger partial charge in [-0.3, -0.25) is 0 Å². The summed E-state index contributed by atoms with van der Waals surface area (Å²) in [5, 5.41) is 10.5. The van der Waals surface area contributed by atoms with Crippen LogP contribution in [0.3, 0.4) is 0 Å². The number of hydrogen-bond donors (Lipinski definition) is 0.